The molecular formula is C22H29N5. The van der Waals surface area contributed by atoms with Gasteiger partial charge in [-0.05, 0) is 42.7 Å². The molecule has 0 unspecified atom stereocenters. The molecule has 3 N–H and O–H groups in total. The van der Waals surface area contributed by atoms with Gasteiger partial charge in [0.1, 0.15) is 0 Å². The molecule has 3 rings (SSSR count). The summed E-state index contributed by atoms with van der Waals surface area (Å²) < 4.78 is 0. The number of fused-ring (bicyclic) bond motifs is 1. The van der Waals surface area contributed by atoms with Gasteiger partial charge in [-0.15, -0.1) is 0 Å². The van der Waals surface area contributed by atoms with Crippen molar-refractivity contribution < 1.29 is 0 Å². The summed E-state index contributed by atoms with van der Waals surface area (Å²) in [6, 6.07) is 16.9. The van der Waals surface area contributed by atoms with Crippen molar-refractivity contribution in [2.75, 3.05) is 32.1 Å². The molecule has 1 aromatic heterocycles. The fraction of sp³-hybridized carbons (Fsp3) is 0.318. The van der Waals surface area contributed by atoms with Gasteiger partial charge < -0.3 is 20.5 Å². The largest absolute Gasteiger partial charge is 0.378 e. The Balaban J connectivity index is 1.60. The van der Waals surface area contributed by atoms with E-state index in [2.05, 4.69) is 96.3 Å². The highest BCUT2D eigenvalue weighted by atomic mass is 15.2. The SMILES string of the molecule is CCNC(=NCc1cccc(N(C)C)c1)NCCc1c[nH]c2ccccc12. The number of H-pyrrole nitrogens is 1. The maximum atomic E-state index is 4.73. The third-order valence-corrected chi connectivity index (χ3v) is 4.55. The quantitative estimate of drug-likeness (QED) is 0.445. The predicted octanol–water partition coefficient (Wildman–Crippen LogP) is 3.53. The van der Waals surface area contributed by atoms with Gasteiger partial charge in [-0.1, -0.05) is 30.3 Å². The standard InChI is InChI=1S/C22H29N5/c1-4-23-22(26-15-17-8-7-9-19(14-17)27(2)3)24-13-12-18-16-25-21-11-6-5-10-20(18)21/h5-11,14,16,25H,4,12-13,15H2,1-3H3,(H2,23,24,26). The summed E-state index contributed by atoms with van der Waals surface area (Å²) in [7, 11) is 4.11. The molecule has 0 aliphatic heterocycles. The second-order valence-electron chi connectivity index (χ2n) is 6.80. The third kappa shape index (κ3) is 5.03. The summed E-state index contributed by atoms with van der Waals surface area (Å²) in [4.78, 5) is 10.2. The summed E-state index contributed by atoms with van der Waals surface area (Å²) in [5, 5.41) is 8.07. The van der Waals surface area contributed by atoms with Crippen molar-refractivity contribution in [1.29, 1.82) is 0 Å². The molecule has 0 amide bonds. The molecule has 27 heavy (non-hydrogen) atoms. The van der Waals surface area contributed by atoms with Crippen LogP contribution in [0.3, 0.4) is 0 Å². The Morgan fingerprint density at radius 3 is 2.74 bits per heavy atom. The predicted molar refractivity (Wildman–Crippen MR) is 116 cm³/mol. The Kier molecular flexibility index (Phi) is 6.36. The average molecular weight is 364 g/mol. The molecule has 0 aliphatic carbocycles. The summed E-state index contributed by atoms with van der Waals surface area (Å²) in [6.45, 7) is 4.43. The van der Waals surface area contributed by atoms with Crippen LogP contribution in [0.1, 0.15) is 18.1 Å². The van der Waals surface area contributed by atoms with Gasteiger partial charge in [0.15, 0.2) is 5.96 Å². The van der Waals surface area contributed by atoms with E-state index in [0.717, 1.165) is 25.5 Å². The number of rotatable bonds is 7. The number of anilines is 1. The summed E-state index contributed by atoms with van der Waals surface area (Å²) in [6.07, 6.45) is 3.05. The molecule has 3 aromatic rings. The van der Waals surface area contributed by atoms with Crippen molar-refractivity contribution >= 4 is 22.5 Å². The van der Waals surface area contributed by atoms with Gasteiger partial charge >= 0.3 is 0 Å². The summed E-state index contributed by atoms with van der Waals surface area (Å²) >= 11 is 0. The molecule has 2 aromatic carbocycles. The fourth-order valence-corrected chi connectivity index (χ4v) is 3.10. The van der Waals surface area contributed by atoms with E-state index in [1.807, 2.05) is 0 Å². The molecular weight excluding hydrogens is 334 g/mol. The highest BCUT2D eigenvalue weighted by Crippen LogP contribution is 2.17. The van der Waals surface area contributed by atoms with Crippen molar-refractivity contribution in [2.24, 2.45) is 4.99 Å². The molecule has 0 spiro atoms. The van der Waals surface area contributed by atoms with E-state index in [-0.39, 0.29) is 0 Å². The normalized spacial score (nSPS) is 11.6. The first-order valence-electron chi connectivity index (χ1n) is 9.51. The zero-order valence-electron chi connectivity index (χ0n) is 16.4. The Morgan fingerprint density at radius 1 is 1.07 bits per heavy atom. The van der Waals surface area contributed by atoms with Crippen molar-refractivity contribution in [3.63, 3.8) is 0 Å². The number of aromatic amines is 1. The molecule has 0 radical (unpaired) electrons. The van der Waals surface area contributed by atoms with Crippen molar-refractivity contribution in [3.8, 4) is 0 Å². The molecule has 5 nitrogen and oxygen atoms in total. The maximum absolute atomic E-state index is 4.73. The molecule has 0 saturated heterocycles. The molecule has 0 aliphatic rings. The summed E-state index contributed by atoms with van der Waals surface area (Å²) in [5.74, 6) is 0.854. The zero-order chi connectivity index (χ0) is 19.1. The van der Waals surface area contributed by atoms with Gasteiger partial charge in [0, 0.05) is 50.0 Å². The van der Waals surface area contributed by atoms with Gasteiger partial charge in [0.2, 0.25) is 0 Å². The van der Waals surface area contributed by atoms with Gasteiger partial charge in [0.05, 0.1) is 6.54 Å². The van der Waals surface area contributed by atoms with Crippen molar-refractivity contribution in [3.05, 3.63) is 65.9 Å². The average Bonchev–Trinajstić information content (AvgIpc) is 3.09. The number of hydrogen-bond donors (Lipinski definition) is 3. The minimum atomic E-state index is 0.657. The van der Waals surface area contributed by atoms with E-state index < -0.39 is 0 Å². The van der Waals surface area contributed by atoms with Crippen LogP contribution in [0.5, 0.6) is 0 Å². The van der Waals surface area contributed by atoms with Crippen LogP contribution in [0.2, 0.25) is 0 Å². The van der Waals surface area contributed by atoms with Gasteiger partial charge in [-0.3, -0.25) is 0 Å². The molecule has 0 atom stereocenters. The zero-order valence-corrected chi connectivity index (χ0v) is 16.4. The number of nitrogens with zero attached hydrogens (tertiary/aromatic N) is 2. The van der Waals surface area contributed by atoms with Gasteiger partial charge in [-0.2, -0.15) is 0 Å². The first-order chi connectivity index (χ1) is 13.2. The van der Waals surface area contributed by atoms with E-state index in [9.17, 15) is 0 Å². The highest BCUT2D eigenvalue weighted by molar-refractivity contribution is 5.83. The Hall–Kier alpha value is -2.95. The molecule has 142 valence electrons. The van der Waals surface area contributed by atoms with Gasteiger partial charge in [0.25, 0.3) is 0 Å². The lowest BCUT2D eigenvalue weighted by Crippen LogP contribution is -2.38. The fourth-order valence-electron chi connectivity index (χ4n) is 3.10. The number of aliphatic imine (C=N–C) groups is 1. The summed E-state index contributed by atoms with van der Waals surface area (Å²) in [5.41, 5.74) is 4.91. The Bertz CT molecular complexity index is 894. The smallest absolute Gasteiger partial charge is 0.191 e. The van der Waals surface area contributed by atoms with Crippen LogP contribution >= 0.6 is 0 Å². The van der Waals surface area contributed by atoms with Crippen molar-refractivity contribution in [1.82, 2.24) is 15.6 Å². The Morgan fingerprint density at radius 2 is 1.93 bits per heavy atom. The number of guanidine groups is 1. The Labute approximate surface area is 161 Å². The first kappa shape index (κ1) is 18.8. The topological polar surface area (TPSA) is 55.5 Å². The monoisotopic (exact) mass is 363 g/mol. The van der Waals surface area contributed by atoms with Gasteiger partial charge in [-0.25, -0.2) is 4.99 Å². The molecule has 1 heterocycles. The minimum Gasteiger partial charge on any atom is -0.378 e. The third-order valence-electron chi connectivity index (χ3n) is 4.55. The lowest BCUT2D eigenvalue weighted by atomic mass is 10.1. The number of aromatic nitrogens is 1. The van der Waals surface area contributed by atoms with Crippen molar-refractivity contribution in [2.45, 2.75) is 19.9 Å². The van der Waals surface area contributed by atoms with E-state index in [1.165, 1.54) is 27.7 Å². The van der Waals surface area contributed by atoms with Crippen LogP contribution in [0.25, 0.3) is 10.9 Å². The molecule has 5 heteroatoms. The van der Waals surface area contributed by atoms with E-state index in [0.29, 0.717) is 6.54 Å². The first-order valence-corrected chi connectivity index (χ1v) is 9.51. The number of benzene rings is 2. The van der Waals surface area contributed by atoms with E-state index in [1.54, 1.807) is 0 Å². The van der Waals surface area contributed by atoms with E-state index >= 15 is 0 Å². The number of hydrogen-bond acceptors (Lipinski definition) is 2. The van der Waals surface area contributed by atoms with Crippen LogP contribution in [-0.2, 0) is 13.0 Å². The minimum absolute atomic E-state index is 0.657. The lowest BCUT2D eigenvalue weighted by Gasteiger charge is -2.14. The second-order valence-corrected chi connectivity index (χ2v) is 6.80. The van der Waals surface area contributed by atoms with Crippen LogP contribution in [0.4, 0.5) is 5.69 Å². The number of para-hydroxylation sites is 1. The highest BCUT2D eigenvalue weighted by Gasteiger charge is 2.04. The lowest BCUT2D eigenvalue weighted by molar-refractivity contribution is 0.801. The molecule has 0 saturated carbocycles. The second kappa shape index (κ2) is 9.12. The van der Waals surface area contributed by atoms with Crippen LogP contribution < -0.4 is 15.5 Å². The van der Waals surface area contributed by atoms with Crippen LogP contribution in [-0.4, -0.2) is 38.1 Å². The van der Waals surface area contributed by atoms with Crippen LogP contribution in [0.15, 0.2) is 59.7 Å². The molecule has 0 fully saturated rings. The maximum Gasteiger partial charge on any atom is 0.191 e. The van der Waals surface area contributed by atoms with E-state index in [4.69, 9.17) is 4.99 Å². The van der Waals surface area contributed by atoms with Crippen LogP contribution in [0, 0.1) is 0 Å². The number of nitrogens with one attached hydrogen (secondary N) is 3. The molecule has 0 bridgehead atoms.